The highest BCUT2D eigenvalue weighted by Crippen LogP contribution is 2.32. The summed E-state index contributed by atoms with van der Waals surface area (Å²) < 4.78 is 0. The van der Waals surface area contributed by atoms with Crippen molar-refractivity contribution in [2.45, 2.75) is 13.8 Å². The Labute approximate surface area is 160 Å². The average molecular weight is 379 g/mol. The molecule has 0 fully saturated rings. The van der Waals surface area contributed by atoms with E-state index in [4.69, 9.17) is 0 Å². The number of amides is 1. The molecule has 10 heteroatoms. The highest BCUT2D eigenvalue weighted by molar-refractivity contribution is 5.95. The van der Waals surface area contributed by atoms with E-state index < -0.39 is 16.5 Å². The van der Waals surface area contributed by atoms with Gasteiger partial charge in [0, 0.05) is 23.6 Å². The van der Waals surface area contributed by atoms with Crippen LogP contribution in [0.3, 0.4) is 0 Å². The molecule has 1 amide bonds. The van der Waals surface area contributed by atoms with Crippen molar-refractivity contribution in [3.63, 3.8) is 0 Å². The number of hydrogen-bond acceptors (Lipinski definition) is 8. The molecule has 0 atom stereocenters. The Morgan fingerprint density at radius 2 is 1.79 bits per heavy atom. The summed E-state index contributed by atoms with van der Waals surface area (Å²) in [6, 6.07) is 8.60. The normalized spacial score (nSPS) is 10.2. The summed E-state index contributed by atoms with van der Waals surface area (Å²) in [5.74, 6) is -0.621. The van der Waals surface area contributed by atoms with Crippen LogP contribution < -0.4 is 16.2 Å². The topological polar surface area (TPSA) is 135 Å². The van der Waals surface area contributed by atoms with Crippen molar-refractivity contribution in [2.24, 2.45) is 0 Å². The fourth-order valence-corrected chi connectivity index (χ4v) is 2.44. The number of pyridine rings is 1. The fourth-order valence-electron chi connectivity index (χ4n) is 2.44. The lowest BCUT2D eigenvalue weighted by Crippen LogP contribution is -2.30. The molecular formula is C18H17N7O3. The van der Waals surface area contributed by atoms with Gasteiger partial charge in [-0.15, -0.1) is 0 Å². The summed E-state index contributed by atoms with van der Waals surface area (Å²) in [4.78, 5) is 34.8. The molecule has 0 radical (unpaired) electrons. The minimum atomic E-state index is -0.617. The molecule has 0 aliphatic heterocycles. The third-order valence-electron chi connectivity index (χ3n) is 4.10. The third-order valence-corrected chi connectivity index (χ3v) is 4.10. The van der Waals surface area contributed by atoms with E-state index in [1.807, 2.05) is 26.0 Å². The molecule has 2 heterocycles. The summed E-state index contributed by atoms with van der Waals surface area (Å²) in [5.41, 5.74) is 7.49. The van der Waals surface area contributed by atoms with Crippen LogP contribution in [0.15, 0.2) is 49.1 Å². The summed E-state index contributed by atoms with van der Waals surface area (Å²) in [6.45, 7) is 3.84. The zero-order chi connectivity index (χ0) is 20.1. The van der Waals surface area contributed by atoms with Crippen molar-refractivity contribution >= 4 is 28.9 Å². The van der Waals surface area contributed by atoms with Gasteiger partial charge in [-0.05, 0) is 43.2 Å². The second-order valence-corrected chi connectivity index (χ2v) is 5.86. The van der Waals surface area contributed by atoms with Gasteiger partial charge in [-0.3, -0.25) is 30.7 Å². The number of benzene rings is 1. The quantitative estimate of drug-likeness (QED) is 0.439. The Morgan fingerprint density at radius 1 is 1.07 bits per heavy atom. The Balaban J connectivity index is 1.86. The summed E-state index contributed by atoms with van der Waals surface area (Å²) >= 11 is 0. The van der Waals surface area contributed by atoms with Crippen LogP contribution in [0.2, 0.25) is 0 Å². The number of hydrogen-bond donors (Lipinski definition) is 3. The van der Waals surface area contributed by atoms with Crippen molar-refractivity contribution in [3.8, 4) is 0 Å². The molecule has 2 aromatic heterocycles. The monoisotopic (exact) mass is 379 g/mol. The van der Waals surface area contributed by atoms with Crippen LogP contribution in [-0.2, 0) is 0 Å². The first-order valence-corrected chi connectivity index (χ1v) is 8.26. The highest BCUT2D eigenvalue weighted by Gasteiger charge is 2.24. The molecule has 0 bridgehead atoms. The molecule has 0 spiro atoms. The molecule has 3 rings (SSSR count). The van der Waals surface area contributed by atoms with E-state index in [1.54, 1.807) is 6.07 Å². The van der Waals surface area contributed by atoms with Crippen LogP contribution >= 0.6 is 0 Å². The van der Waals surface area contributed by atoms with Crippen molar-refractivity contribution < 1.29 is 9.72 Å². The number of carbonyl (C=O) groups is 1. The van der Waals surface area contributed by atoms with Crippen LogP contribution in [-0.4, -0.2) is 25.8 Å². The maximum atomic E-state index is 12.1. The molecular weight excluding hydrogens is 362 g/mol. The second-order valence-electron chi connectivity index (χ2n) is 5.86. The molecule has 3 aromatic rings. The van der Waals surface area contributed by atoms with Gasteiger partial charge in [-0.2, -0.15) is 0 Å². The Kier molecular flexibility index (Phi) is 5.40. The van der Waals surface area contributed by atoms with Gasteiger partial charge in [0.05, 0.1) is 4.92 Å². The van der Waals surface area contributed by atoms with Gasteiger partial charge in [0.1, 0.15) is 6.33 Å². The molecule has 3 N–H and O–H groups in total. The molecule has 10 nitrogen and oxygen atoms in total. The van der Waals surface area contributed by atoms with Crippen molar-refractivity contribution in [1.29, 1.82) is 0 Å². The SMILES string of the molecule is Cc1cccc(Nc2ncnc(NNC(=O)c3ccncc3)c2[N+](=O)[O-])c1C. The molecule has 28 heavy (non-hydrogen) atoms. The van der Waals surface area contributed by atoms with Gasteiger partial charge in [0.2, 0.25) is 11.6 Å². The predicted molar refractivity (Wildman–Crippen MR) is 103 cm³/mol. The largest absolute Gasteiger partial charge is 0.355 e. The number of nitrogens with zero attached hydrogens (tertiary/aromatic N) is 4. The Bertz CT molecular complexity index is 1020. The summed E-state index contributed by atoms with van der Waals surface area (Å²) in [7, 11) is 0. The van der Waals surface area contributed by atoms with E-state index in [-0.39, 0.29) is 11.6 Å². The molecule has 1 aromatic carbocycles. The molecule has 0 aliphatic rings. The molecule has 142 valence electrons. The zero-order valence-corrected chi connectivity index (χ0v) is 15.1. The van der Waals surface area contributed by atoms with Crippen molar-refractivity contribution in [1.82, 2.24) is 20.4 Å². The first-order chi connectivity index (χ1) is 13.5. The van der Waals surface area contributed by atoms with Gasteiger partial charge in [-0.1, -0.05) is 12.1 Å². The Hall–Kier alpha value is -4.08. The number of anilines is 3. The smallest absolute Gasteiger partial charge is 0.334 e. The van der Waals surface area contributed by atoms with Crippen LogP contribution in [0.5, 0.6) is 0 Å². The molecule has 0 aliphatic carbocycles. The van der Waals surface area contributed by atoms with E-state index in [0.717, 1.165) is 11.1 Å². The first kappa shape index (κ1) is 18.7. The number of nitro groups is 1. The summed E-state index contributed by atoms with van der Waals surface area (Å²) in [5, 5.41) is 14.6. The maximum absolute atomic E-state index is 12.1. The van der Waals surface area contributed by atoms with Gasteiger partial charge in [0.15, 0.2) is 0 Å². The fraction of sp³-hybridized carbons (Fsp3) is 0.111. The number of aromatic nitrogens is 3. The van der Waals surface area contributed by atoms with E-state index in [9.17, 15) is 14.9 Å². The zero-order valence-electron chi connectivity index (χ0n) is 15.1. The molecule has 0 saturated heterocycles. The van der Waals surface area contributed by atoms with Crippen molar-refractivity contribution in [3.05, 3.63) is 75.9 Å². The minimum absolute atomic E-state index is 0.00867. The Morgan fingerprint density at radius 3 is 2.50 bits per heavy atom. The van der Waals surface area contributed by atoms with Crippen LogP contribution in [0.1, 0.15) is 21.5 Å². The third kappa shape index (κ3) is 4.01. The lowest BCUT2D eigenvalue weighted by atomic mass is 10.1. The number of rotatable bonds is 6. The second kappa shape index (κ2) is 8.08. The summed E-state index contributed by atoms with van der Waals surface area (Å²) in [6.07, 6.45) is 4.10. The van der Waals surface area contributed by atoms with Crippen LogP contribution in [0, 0.1) is 24.0 Å². The van der Waals surface area contributed by atoms with E-state index in [0.29, 0.717) is 11.3 Å². The van der Waals surface area contributed by atoms with Gasteiger partial charge < -0.3 is 5.32 Å². The van der Waals surface area contributed by atoms with Crippen molar-refractivity contribution in [2.75, 3.05) is 10.7 Å². The number of nitrogens with one attached hydrogen (secondary N) is 3. The highest BCUT2D eigenvalue weighted by atomic mass is 16.6. The van der Waals surface area contributed by atoms with Gasteiger partial charge in [-0.25, -0.2) is 9.97 Å². The maximum Gasteiger partial charge on any atom is 0.355 e. The van der Waals surface area contributed by atoms with Crippen LogP contribution in [0.25, 0.3) is 0 Å². The molecule has 0 saturated carbocycles. The van der Waals surface area contributed by atoms with Gasteiger partial charge in [0.25, 0.3) is 5.91 Å². The number of hydrazine groups is 1. The van der Waals surface area contributed by atoms with E-state index in [1.165, 1.54) is 30.9 Å². The number of carbonyl (C=O) groups excluding carboxylic acids is 1. The standard InChI is InChI=1S/C18H17N7O3/c1-11-4-3-5-14(12(11)2)22-16-15(25(27)28)17(21-10-20-16)23-24-18(26)13-6-8-19-9-7-13/h3-10H,1-2H3,(H,24,26)(H2,20,21,22,23). The lowest BCUT2D eigenvalue weighted by molar-refractivity contribution is -0.383. The predicted octanol–water partition coefficient (Wildman–Crippen LogP) is 2.90. The van der Waals surface area contributed by atoms with Crippen LogP contribution in [0.4, 0.5) is 23.0 Å². The van der Waals surface area contributed by atoms with E-state index in [2.05, 4.69) is 31.1 Å². The number of aryl methyl sites for hydroxylation is 1. The molecule has 0 unspecified atom stereocenters. The van der Waals surface area contributed by atoms with E-state index >= 15 is 0 Å². The van der Waals surface area contributed by atoms with Gasteiger partial charge >= 0.3 is 5.69 Å². The first-order valence-electron chi connectivity index (χ1n) is 8.26. The lowest BCUT2D eigenvalue weighted by Gasteiger charge is -2.13. The average Bonchev–Trinajstić information content (AvgIpc) is 2.70. The minimum Gasteiger partial charge on any atom is -0.334 e.